The van der Waals surface area contributed by atoms with E-state index in [1.54, 1.807) is 33.0 Å². The first kappa shape index (κ1) is 22.9. The minimum absolute atomic E-state index is 0. The molecule has 3 rings (SSSR count). The molecule has 0 unspecified atom stereocenters. The van der Waals surface area contributed by atoms with Gasteiger partial charge in [-0.2, -0.15) is 4.98 Å². The molecule has 0 atom stereocenters. The number of aliphatic imine (C=N–C) groups is 1. The molecule has 0 saturated carbocycles. The highest BCUT2D eigenvalue weighted by atomic mass is 127. The third-order valence-electron chi connectivity index (χ3n) is 4.50. The van der Waals surface area contributed by atoms with Crippen LogP contribution in [0.5, 0.6) is 0 Å². The molecule has 8 nitrogen and oxygen atoms in total. The summed E-state index contributed by atoms with van der Waals surface area (Å²) >= 11 is 5.99. The van der Waals surface area contributed by atoms with E-state index in [0.717, 1.165) is 5.56 Å². The maximum Gasteiger partial charge on any atom is 0.246 e. The first-order chi connectivity index (χ1) is 12.7. The zero-order valence-electron chi connectivity index (χ0n) is 15.8. The third-order valence-corrected chi connectivity index (χ3v) is 7.27. The Kier molecular flexibility index (Phi) is 7.32. The number of nitrogens with zero attached hydrogens (tertiary/aromatic N) is 4. The number of benzene rings is 1. The summed E-state index contributed by atoms with van der Waals surface area (Å²) in [6, 6.07) is 7.21. The highest BCUT2D eigenvalue weighted by molar-refractivity contribution is 14.0. The van der Waals surface area contributed by atoms with Crippen LogP contribution in [0.25, 0.3) is 11.4 Å². The molecule has 2 heterocycles. The van der Waals surface area contributed by atoms with E-state index >= 15 is 0 Å². The molecule has 1 N–H and O–H groups in total. The molecule has 154 valence electrons. The van der Waals surface area contributed by atoms with Crippen LogP contribution in [-0.4, -0.2) is 60.1 Å². The highest BCUT2D eigenvalue weighted by Crippen LogP contribution is 2.24. The van der Waals surface area contributed by atoms with Crippen LogP contribution in [0.1, 0.15) is 19.7 Å². The number of aromatic nitrogens is 2. The van der Waals surface area contributed by atoms with Gasteiger partial charge in [-0.3, -0.25) is 4.99 Å². The van der Waals surface area contributed by atoms with E-state index in [-0.39, 0.29) is 36.3 Å². The minimum atomic E-state index is -3.11. The average Bonchev–Trinajstić information content (AvgIpc) is 3.07. The van der Waals surface area contributed by atoms with Gasteiger partial charge in [0.25, 0.3) is 0 Å². The van der Waals surface area contributed by atoms with Crippen LogP contribution in [0.4, 0.5) is 0 Å². The van der Waals surface area contributed by atoms with Crippen molar-refractivity contribution in [2.75, 3.05) is 25.9 Å². The zero-order valence-corrected chi connectivity index (χ0v) is 19.7. The Hall–Kier alpha value is -1.40. The fourth-order valence-electron chi connectivity index (χ4n) is 2.88. The quantitative estimate of drug-likeness (QED) is 0.363. The second-order valence-corrected chi connectivity index (χ2v) is 10.1. The van der Waals surface area contributed by atoms with Crippen LogP contribution in [-0.2, 0) is 16.4 Å². The van der Waals surface area contributed by atoms with Gasteiger partial charge in [-0.1, -0.05) is 28.9 Å². The Morgan fingerprint density at radius 3 is 2.82 bits per heavy atom. The summed E-state index contributed by atoms with van der Waals surface area (Å²) in [7, 11) is -1.45. The largest absolute Gasteiger partial charge is 0.347 e. The lowest BCUT2D eigenvalue weighted by Crippen LogP contribution is -2.57. The van der Waals surface area contributed by atoms with Gasteiger partial charge in [0.2, 0.25) is 11.7 Å². The van der Waals surface area contributed by atoms with Gasteiger partial charge in [0.1, 0.15) is 0 Å². The summed E-state index contributed by atoms with van der Waals surface area (Å²) in [6.07, 6.45) is 0. The zero-order chi connectivity index (χ0) is 19.7. The van der Waals surface area contributed by atoms with Gasteiger partial charge >= 0.3 is 0 Å². The molecule has 1 aliphatic heterocycles. The molecule has 1 aromatic carbocycles. The molecule has 28 heavy (non-hydrogen) atoms. The molecule has 0 aliphatic carbocycles. The number of nitrogens with one attached hydrogen (secondary N) is 1. The Morgan fingerprint density at radius 1 is 1.43 bits per heavy atom. The lowest BCUT2D eigenvalue weighted by Gasteiger charge is -2.39. The molecule has 1 aliphatic rings. The van der Waals surface area contributed by atoms with Crippen molar-refractivity contribution >= 4 is 51.4 Å². The average molecular weight is 540 g/mol. The van der Waals surface area contributed by atoms with Gasteiger partial charge in [-0.15, -0.1) is 24.0 Å². The maximum atomic E-state index is 12.2. The van der Waals surface area contributed by atoms with Gasteiger partial charge < -0.3 is 14.7 Å². The van der Waals surface area contributed by atoms with Crippen molar-refractivity contribution in [1.82, 2.24) is 20.4 Å². The first-order valence-corrected chi connectivity index (χ1v) is 10.5. The van der Waals surface area contributed by atoms with Crippen LogP contribution in [0.15, 0.2) is 33.8 Å². The summed E-state index contributed by atoms with van der Waals surface area (Å²) < 4.78 is 28.8. The first-order valence-electron chi connectivity index (χ1n) is 8.48. The molecule has 1 fully saturated rings. The number of guanidine groups is 1. The van der Waals surface area contributed by atoms with E-state index in [0.29, 0.717) is 35.8 Å². The molecule has 0 bridgehead atoms. The second kappa shape index (κ2) is 8.95. The third kappa shape index (κ3) is 4.95. The van der Waals surface area contributed by atoms with Gasteiger partial charge in [-0.05, 0) is 26.0 Å². The second-order valence-electron chi connectivity index (χ2n) is 6.92. The van der Waals surface area contributed by atoms with E-state index in [9.17, 15) is 8.42 Å². The van der Waals surface area contributed by atoms with Crippen molar-refractivity contribution in [3.63, 3.8) is 0 Å². The smallest absolute Gasteiger partial charge is 0.246 e. The SMILES string of the molecule is CN=C(NCc1nc(-c2cccc(Cl)c2)no1)N1CCS(=O)(=O)C(C)(C)C1.I. The predicted octanol–water partition coefficient (Wildman–Crippen LogP) is 2.59. The number of halogens is 2. The Morgan fingerprint density at radius 2 is 2.18 bits per heavy atom. The fraction of sp³-hybridized carbons (Fsp3) is 0.471. The summed E-state index contributed by atoms with van der Waals surface area (Å²) in [4.78, 5) is 10.5. The van der Waals surface area contributed by atoms with Gasteiger partial charge in [0.05, 0.1) is 17.0 Å². The Bertz CT molecular complexity index is 961. The van der Waals surface area contributed by atoms with Crippen LogP contribution < -0.4 is 5.32 Å². The van der Waals surface area contributed by atoms with Crippen LogP contribution in [0.3, 0.4) is 0 Å². The Balaban J connectivity index is 0.00000280. The van der Waals surface area contributed by atoms with Crippen molar-refractivity contribution < 1.29 is 12.9 Å². The normalized spacial score (nSPS) is 18.4. The number of hydrogen-bond acceptors (Lipinski definition) is 6. The molecule has 1 aromatic heterocycles. The molecule has 0 amide bonds. The van der Waals surface area contributed by atoms with Crippen molar-refractivity contribution in [2.45, 2.75) is 25.1 Å². The molecule has 1 saturated heterocycles. The molecule has 2 aromatic rings. The standard InChI is InChI=1S/C17H22ClN5O3S.HI/c1-17(2)11-23(7-8-27(17,24)25)16(19-3)20-10-14-21-15(22-26-14)12-5-4-6-13(18)9-12;/h4-6,9H,7-8,10-11H2,1-3H3,(H,19,20);1H. The fourth-order valence-corrected chi connectivity index (χ4v) is 4.44. The summed E-state index contributed by atoms with van der Waals surface area (Å²) in [5.41, 5.74) is 0.768. The Labute approximate surface area is 186 Å². The minimum Gasteiger partial charge on any atom is -0.347 e. The van der Waals surface area contributed by atoms with E-state index in [2.05, 4.69) is 20.4 Å². The van der Waals surface area contributed by atoms with Crippen LogP contribution >= 0.6 is 35.6 Å². The van der Waals surface area contributed by atoms with Crippen LogP contribution in [0.2, 0.25) is 5.02 Å². The number of hydrogen-bond donors (Lipinski definition) is 1. The van der Waals surface area contributed by atoms with E-state index in [1.807, 2.05) is 17.0 Å². The lowest BCUT2D eigenvalue weighted by molar-refractivity contribution is 0.344. The molecule has 0 spiro atoms. The van der Waals surface area contributed by atoms with Crippen molar-refractivity contribution in [3.05, 3.63) is 35.2 Å². The summed E-state index contributed by atoms with van der Waals surface area (Å²) in [5.74, 6) is 1.55. The van der Waals surface area contributed by atoms with E-state index < -0.39 is 14.6 Å². The van der Waals surface area contributed by atoms with Gasteiger partial charge in [-0.25, -0.2) is 8.42 Å². The molecule has 0 radical (unpaired) electrons. The van der Waals surface area contributed by atoms with Gasteiger partial charge in [0.15, 0.2) is 15.8 Å². The molecule has 11 heteroatoms. The van der Waals surface area contributed by atoms with E-state index in [1.165, 1.54) is 0 Å². The number of sulfone groups is 1. The van der Waals surface area contributed by atoms with Crippen LogP contribution in [0, 0.1) is 0 Å². The highest BCUT2D eigenvalue weighted by Gasteiger charge is 2.40. The predicted molar refractivity (Wildman–Crippen MR) is 120 cm³/mol. The van der Waals surface area contributed by atoms with Gasteiger partial charge in [0, 0.05) is 30.7 Å². The molecular weight excluding hydrogens is 517 g/mol. The maximum absolute atomic E-state index is 12.2. The lowest BCUT2D eigenvalue weighted by atomic mass is 10.2. The van der Waals surface area contributed by atoms with Crippen molar-refractivity contribution in [2.24, 2.45) is 4.99 Å². The van der Waals surface area contributed by atoms with Crippen molar-refractivity contribution in [1.29, 1.82) is 0 Å². The molecular formula is C17H23ClIN5O3S. The van der Waals surface area contributed by atoms with Crippen molar-refractivity contribution in [3.8, 4) is 11.4 Å². The summed E-state index contributed by atoms with van der Waals surface area (Å²) in [5, 5.41) is 7.72. The number of rotatable bonds is 3. The topological polar surface area (TPSA) is 101 Å². The summed E-state index contributed by atoms with van der Waals surface area (Å²) in [6.45, 7) is 4.51. The monoisotopic (exact) mass is 539 g/mol. The van der Waals surface area contributed by atoms with E-state index in [4.69, 9.17) is 16.1 Å².